The molecule has 2 N–H and O–H groups in total. The fourth-order valence-electron chi connectivity index (χ4n) is 1.47. The molecule has 0 spiro atoms. The Morgan fingerprint density at radius 2 is 1.93 bits per heavy atom. The molecule has 3 heteroatoms. The minimum Gasteiger partial charge on any atom is -0.480 e. The van der Waals surface area contributed by atoms with Crippen molar-refractivity contribution in [2.24, 2.45) is 0 Å². The number of aliphatic carboxylic acids is 1. The van der Waals surface area contributed by atoms with Gasteiger partial charge in [-0.05, 0) is 37.5 Å². The maximum Gasteiger partial charge on any atom is 0.320 e. The van der Waals surface area contributed by atoms with Crippen molar-refractivity contribution in [1.29, 1.82) is 0 Å². The van der Waals surface area contributed by atoms with Crippen LogP contribution in [0.15, 0.2) is 18.2 Å². The number of rotatable bonds is 4. The Bertz CT molecular complexity index is 340. The highest BCUT2D eigenvalue weighted by Gasteiger charge is 2.10. The van der Waals surface area contributed by atoms with Crippen LogP contribution in [0.3, 0.4) is 0 Å². The molecule has 1 atom stereocenters. The van der Waals surface area contributed by atoms with Crippen molar-refractivity contribution in [1.82, 2.24) is 5.32 Å². The molecular weight excluding hydrogens is 190 g/mol. The fraction of sp³-hybridized carbons (Fsp3) is 0.417. The Morgan fingerprint density at radius 3 is 2.40 bits per heavy atom. The average Bonchev–Trinajstić information content (AvgIpc) is 2.16. The van der Waals surface area contributed by atoms with Crippen LogP contribution in [0.2, 0.25) is 0 Å². The summed E-state index contributed by atoms with van der Waals surface area (Å²) in [5, 5.41) is 11.7. The summed E-state index contributed by atoms with van der Waals surface area (Å²) >= 11 is 0. The summed E-state index contributed by atoms with van der Waals surface area (Å²) in [4.78, 5) is 10.6. The van der Waals surface area contributed by atoms with E-state index in [2.05, 4.69) is 5.32 Å². The van der Waals surface area contributed by atoms with E-state index in [-0.39, 0.29) is 0 Å². The summed E-state index contributed by atoms with van der Waals surface area (Å²) < 4.78 is 0. The van der Waals surface area contributed by atoms with Gasteiger partial charge in [-0.25, -0.2) is 0 Å². The third-order valence-electron chi connectivity index (χ3n) is 2.60. The van der Waals surface area contributed by atoms with Crippen LogP contribution in [0.4, 0.5) is 0 Å². The Labute approximate surface area is 90.1 Å². The normalized spacial score (nSPS) is 12.5. The van der Waals surface area contributed by atoms with Crippen LogP contribution in [0.25, 0.3) is 0 Å². The molecule has 0 saturated carbocycles. The van der Waals surface area contributed by atoms with E-state index in [0.29, 0.717) is 6.54 Å². The molecular formula is C12H17NO2. The van der Waals surface area contributed by atoms with E-state index >= 15 is 0 Å². The maximum absolute atomic E-state index is 10.6. The maximum atomic E-state index is 10.6. The van der Waals surface area contributed by atoms with Gasteiger partial charge in [-0.15, -0.1) is 0 Å². The first-order chi connectivity index (χ1) is 7.02. The third kappa shape index (κ3) is 3.06. The molecule has 0 heterocycles. The second-order valence-electron chi connectivity index (χ2n) is 3.81. The van der Waals surface area contributed by atoms with Gasteiger partial charge in [0, 0.05) is 6.54 Å². The van der Waals surface area contributed by atoms with Gasteiger partial charge in [0.1, 0.15) is 6.04 Å². The highest BCUT2D eigenvalue weighted by molar-refractivity contribution is 5.72. The molecule has 0 radical (unpaired) electrons. The van der Waals surface area contributed by atoms with Crippen molar-refractivity contribution in [3.63, 3.8) is 0 Å². The summed E-state index contributed by atoms with van der Waals surface area (Å²) in [6.07, 6.45) is 0. The van der Waals surface area contributed by atoms with Crippen LogP contribution in [-0.2, 0) is 11.3 Å². The molecule has 3 nitrogen and oxygen atoms in total. The molecule has 0 aromatic heterocycles. The number of nitrogens with one attached hydrogen (secondary N) is 1. The molecule has 0 aliphatic carbocycles. The zero-order chi connectivity index (χ0) is 11.4. The lowest BCUT2D eigenvalue weighted by Crippen LogP contribution is -2.33. The smallest absolute Gasteiger partial charge is 0.320 e. The van der Waals surface area contributed by atoms with Gasteiger partial charge in [0.2, 0.25) is 0 Å². The quantitative estimate of drug-likeness (QED) is 0.792. The lowest BCUT2D eigenvalue weighted by Gasteiger charge is -2.13. The first-order valence-corrected chi connectivity index (χ1v) is 5.03. The minimum atomic E-state index is -0.818. The largest absolute Gasteiger partial charge is 0.480 e. The van der Waals surface area contributed by atoms with Crippen LogP contribution in [0.1, 0.15) is 23.6 Å². The van der Waals surface area contributed by atoms with Gasteiger partial charge in [-0.1, -0.05) is 18.2 Å². The standard InChI is InChI=1S/C12H17NO2/c1-8-5-4-6-9(2)11(8)7-13-10(3)12(14)15/h4-6,10,13H,7H2,1-3H3,(H,14,15). The molecule has 82 valence electrons. The monoisotopic (exact) mass is 207 g/mol. The molecule has 1 aromatic carbocycles. The first kappa shape index (κ1) is 11.7. The Morgan fingerprint density at radius 1 is 1.40 bits per heavy atom. The number of aryl methyl sites for hydroxylation is 2. The van der Waals surface area contributed by atoms with Gasteiger partial charge < -0.3 is 10.4 Å². The Balaban J connectivity index is 2.69. The number of carboxylic acid groups (broad SMARTS) is 1. The van der Waals surface area contributed by atoms with E-state index in [1.54, 1.807) is 6.92 Å². The van der Waals surface area contributed by atoms with Crippen LogP contribution < -0.4 is 5.32 Å². The number of hydrogen-bond donors (Lipinski definition) is 2. The molecule has 0 aliphatic rings. The van der Waals surface area contributed by atoms with Crippen molar-refractivity contribution in [2.75, 3.05) is 0 Å². The van der Waals surface area contributed by atoms with Gasteiger partial charge in [0.05, 0.1) is 0 Å². The molecule has 0 fully saturated rings. The Kier molecular flexibility index (Phi) is 3.86. The van der Waals surface area contributed by atoms with Crippen molar-refractivity contribution >= 4 is 5.97 Å². The highest BCUT2D eigenvalue weighted by atomic mass is 16.4. The average molecular weight is 207 g/mol. The highest BCUT2D eigenvalue weighted by Crippen LogP contribution is 2.12. The van der Waals surface area contributed by atoms with E-state index in [4.69, 9.17) is 5.11 Å². The number of carboxylic acids is 1. The molecule has 0 bridgehead atoms. The predicted molar refractivity (Wildman–Crippen MR) is 59.9 cm³/mol. The molecule has 1 aromatic rings. The second-order valence-corrected chi connectivity index (χ2v) is 3.81. The van der Waals surface area contributed by atoms with E-state index < -0.39 is 12.0 Å². The predicted octanol–water partition coefficient (Wildman–Crippen LogP) is 1.87. The minimum absolute atomic E-state index is 0.510. The van der Waals surface area contributed by atoms with E-state index in [0.717, 1.165) is 0 Å². The van der Waals surface area contributed by atoms with Gasteiger partial charge in [-0.3, -0.25) is 4.79 Å². The lowest BCUT2D eigenvalue weighted by molar-refractivity contribution is -0.139. The third-order valence-corrected chi connectivity index (χ3v) is 2.60. The SMILES string of the molecule is Cc1cccc(C)c1CNC(C)C(=O)O. The summed E-state index contributed by atoms with van der Waals surface area (Å²) in [6, 6.07) is 5.57. The number of benzene rings is 1. The van der Waals surface area contributed by atoms with E-state index in [1.807, 2.05) is 32.0 Å². The van der Waals surface area contributed by atoms with Crippen LogP contribution in [-0.4, -0.2) is 17.1 Å². The molecule has 0 aliphatic heterocycles. The summed E-state index contributed by atoms with van der Waals surface area (Å²) in [5.74, 6) is -0.818. The van der Waals surface area contributed by atoms with E-state index in [1.165, 1.54) is 16.7 Å². The van der Waals surface area contributed by atoms with Gasteiger partial charge in [-0.2, -0.15) is 0 Å². The summed E-state index contributed by atoms with van der Waals surface area (Å²) in [7, 11) is 0. The molecule has 1 unspecified atom stereocenters. The van der Waals surface area contributed by atoms with Crippen molar-refractivity contribution in [3.8, 4) is 0 Å². The molecule has 1 rings (SSSR count). The summed E-state index contributed by atoms with van der Waals surface area (Å²) in [5.41, 5.74) is 3.57. The summed E-state index contributed by atoms with van der Waals surface area (Å²) in [6.45, 7) is 6.33. The van der Waals surface area contributed by atoms with Crippen LogP contribution in [0, 0.1) is 13.8 Å². The Hall–Kier alpha value is -1.35. The topological polar surface area (TPSA) is 49.3 Å². The van der Waals surface area contributed by atoms with E-state index in [9.17, 15) is 4.79 Å². The van der Waals surface area contributed by atoms with Crippen LogP contribution in [0.5, 0.6) is 0 Å². The van der Waals surface area contributed by atoms with Crippen molar-refractivity contribution < 1.29 is 9.90 Å². The van der Waals surface area contributed by atoms with Gasteiger partial charge >= 0.3 is 5.97 Å². The number of carbonyl (C=O) groups is 1. The first-order valence-electron chi connectivity index (χ1n) is 5.03. The van der Waals surface area contributed by atoms with Gasteiger partial charge in [0.25, 0.3) is 0 Å². The fourth-order valence-corrected chi connectivity index (χ4v) is 1.47. The molecule has 0 saturated heterocycles. The van der Waals surface area contributed by atoms with Crippen molar-refractivity contribution in [3.05, 3.63) is 34.9 Å². The zero-order valence-electron chi connectivity index (χ0n) is 9.37. The molecule has 0 amide bonds. The van der Waals surface area contributed by atoms with Crippen molar-refractivity contribution in [2.45, 2.75) is 33.4 Å². The zero-order valence-corrected chi connectivity index (χ0v) is 9.37. The molecule has 15 heavy (non-hydrogen) atoms. The van der Waals surface area contributed by atoms with Gasteiger partial charge in [0.15, 0.2) is 0 Å². The number of hydrogen-bond acceptors (Lipinski definition) is 2. The van der Waals surface area contributed by atoms with Crippen LogP contribution >= 0.6 is 0 Å². The second kappa shape index (κ2) is 4.94. The lowest BCUT2D eigenvalue weighted by atomic mass is 10.0.